The van der Waals surface area contributed by atoms with Gasteiger partial charge in [-0.25, -0.2) is 4.98 Å². The normalized spacial score (nSPS) is 14.7. The van der Waals surface area contributed by atoms with Crippen LogP contribution in [0.4, 0.5) is 5.13 Å². The Morgan fingerprint density at radius 1 is 1.12 bits per heavy atom. The lowest BCUT2D eigenvalue weighted by Gasteiger charge is -2.30. The standard InChI is InChI=1S/C22H22N2OS/c1-4-14-10-11-17(19-16(14)12-13-22(2,3)25-19)18-20(26-21(23)24-18)15-8-6-5-7-9-15/h5-13H,4H2,1-3H3,(H2,23,24). The minimum absolute atomic E-state index is 0.345. The molecule has 1 aliphatic heterocycles. The predicted octanol–water partition coefficient (Wildman–Crippen LogP) is 5.81. The van der Waals surface area contributed by atoms with Gasteiger partial charge in [0.05, 0.1) is 10.6 Å². The third kappa shape index (κ3) is 2.90. The van der Waals surface area contributed by atoms with Crippen LogP contribution in [0.15, 0.2) is 48.5 Å². The van der Waals surface area contributed by atoms with Crippen LogP contribution in [0.2, 0.25) is 0 Å². The SMILES string of the molecule is CCc1ccc(-c2nc(N)sc2-c2ccccc2)c2c1C=CC(C)(C)O2. The highest BCUT2D eigenvalue weighted by atomic mass is 32.1. The first-order valence-electron chi connectivity index (χ1n) is 8.85. The molecule has 0 atom stereocenters. The van der Waals surface area contributed by atoms with Crippen LogP contribution in [-0.4, -0.2) is 10.6 Å². The summed E-state index contributed by atoms with van der Waals surface area (Å²) in [4.78, 5) is 5.74. The highest BCUT2D eigenvalue weighted by Crippen LogP contribution is 2.46. The molecule has 0 unspecified atom stereocenters. The predicted molar refractivity (Wildman–Crippen MR) is 111 cm³/mol. The van der Waals surface area contributed by atoms with E-state index in [1.807, 2.05) is 18.2 Å². The number of nitrogens with zero attached hydrogens (tertiary/aromatic N) is 1. The van der Waals surface area contributed by atoms with Crippen LogP contribution in [0, 0.1) is 0 Å². The lowest BCUT2D eigenvalue weighted by Crippen LogP contribution is -2.28. The number of rotatable bonds is 3. The second-order valence-corrected chi connectivity index (χ2v) is 8.03. The number of hydrogen-bond acceptors (Lipinski definition) is 4. The minimum Gasteiger partial charge on any atom is -0.482 e. The maximum atomic E-state index is 6.38. The monoisotopic (exact) mass is 362 g/mol. The second-order valence-electron chi connectivity index (χ2n) is 7.00. The van der Waals surface area contributed by atoms with Crippen molar-refractivity contribution >= 4 is 22.5 Å². The van der Waals surface area contributed by atoms with E-state index in [2.05, 4.69) is 62.2 Å². The van der Waals surface area contributed by atoms with E-state index in [-0.39, 0.29) is 5.60 Å². The lowest BCUT2D eigenvalue weighted by molar-refractivity contribution is 0.159. The zero-order chi connectivity index (χ0) is 18.3. The Kier molecular flexibility index (Phi) is 4.08. The van der Waals surface area contributed by atoms with Gasteiger partial charge in [-0.1, -0.05) is 60.7 Å². The van der Waals surface area contributed by atoms with Crippen molar-refractivity contribution in [2.24, 2.45) is 0 Å². The summed E-state index contributed by atoms with van der Waals surface area (Å²) >= 11 is 1.52. The number of nitrogens with two attached hydrogens (primary N) is 1. The van der Waals surface area contributed by atoms with E-state index < -0.39 is 0 Å². The van der Waals surface area contributed by atoms with Crippen LogP contribution in [0.3, 0.4) is 0 Å². The molecule has 26 heavy (non-hydrogen) atoms. The Hall–Kier alpha value is -2.59. The first-order chi connectivity index (χ1) is 12.5. The van der Waals surface area contributed by atoms with E-state index in [0.29, 0.717) is 5.13 Å². The number of anilines is 1. The average molecular weight is 362 g/mol. The van der Waals surface area contributed by atoms with Crippen molar-refractivity contribution < 1.29 is 4.74 Å². The highest BCUT2D eigenvalue weighted by molar-refractivity contribution is 7.19. The quantitative estimate of drug-likeness (QED) is 0.640. The zero-order valence-electron chi connectivity index (χ0n) is 15.2. The number of benzene rings is 2. The number of hydrogen-bond donors (Lipinski definition) is 1. The summed E-state index contributed by atoms with van der Waals surface area (Å²) in [6.07, 6.45) is 5.26. The minimum atomic E-state index is -0.345. The number of thiazole rings is 1. The van der Waals surface area contributed by atoms with Gasteiger partial charge in [-0.3, -0.25) is 0 Å². The van der Waals surface area contributed by atoms with Crippen molar-refractivity contribution in [1.29, 1.82) is 0 Å². The fraction of sp³-hybridized carbons (Fsp3) is 0.227. The molecule has 0 amide bonds. The largest absolute Gasteiger partial charge is 0.482 e. The number of fused-ring (bicyclic) bond motifs is 1. The van der Waals surface area contributed by atoms with Crippen LogP contribution in [0.5, 0.6) is 5.75 Å². The summed E-state index contributed by atoms with van der Waals surface area (Å²) in [7, 11) is 0. The average Bonchev–Trinajstić information content (AvgIpc) is 3.02. The van der Waals surface area contributed by atoms with Crippen molar-refractivity contribution in [3.63, 3.8) is 0 Å². The van der Waals surface area contributed by atoms with E-state index >= 15 is 0 Å². The van der Waals surface area contributed by atoms with Crippen LogP contribution in [0.25, 0.3) is 27.8 Å². The molecule has 3 nitrogen and oxygen atoms in total. The summed E-state index contributed by atoms with van der Waals surface area (Å²) in [5, 5.41) is 0.567. The van der Waals surface area contributed by atoms with Gasteiger partial charge in [0.1, 0.15) is 11.4 Å². The van der Waals surface area contributed by atoms with Gasteiger partial charge in [-0.15, -0.1) is 0 Å². The number of aryl methyl sites for hydroxylation is 1. The van der Waals surface area contributed by atoms with Crippen LogP contribution >= 0.6 is 11.3 Å². The molecule has 0 saturated carbocycles. The first kappa shape index (κ1) is 16.9. The molecule has 1 aromatic heterocycles. The molecule has 2 aromatic carbocycles. The molecule has 0 aliphatic carbocycles. The van der Waals surface area contributed by atoms with Gasteiger partial charge in [0.2, 0.25) is 0 Å². The summed E-state index contributed by atoms with van der Waals surface area (Å²) in [6, 6.07) is 14.6. The van der Waals surface area contributed by atoms with Gasteiger partial charge < -0.3 is 10.5 Å². The van der Waals surface area contributed by atoms with Gasteiger partial charge >= 0.3 is 0 Å². The summed E-state index contributed by atoms with van der Waals surface area (Å²) in [6.45, 7) is 6.31. The maximum Gasteiger partial charge on any atom is 0.181 e. The van der Waals surface area contributed by atoms with Gasteiger partial charge in [-0.05, 0) is 43.5 Å². The molecule has 0 radical (unpaired) electrons. The molecule has 2 heterocycles. The molecule has 0 saturated heterocycles. The number of aromatic nitrogens is 1. The molecule has 0 spiro atoms. The number of nitrogen functional groups attached to an aromatic ring is 1. The molecule has 3 aromatic rings. The fourth-order valence-corrected chi connectivity index (χ4v) is 4.17. The van der Waals surface area contributed by atoms with Gasteiger partial charge in [0, 0.05) is 11.1 Å². The Morgan fingerprint density at radius 3 is 2.62 bits per heavy atom. The Bertz CT molecular complexity index is 987. The molecule has 1 aliphatic rings. The smallest absolute Gasteiger partial charge is 0.181 e. The summed E-state index contributed by atoms with van der Waals surface area (Å²) in [5.74, 6) is 0.902. The molecule has 0 fully saturated rings. The van der Waals surface area contributed by atoms with Crippen LogP contribution < -0.4 is 10.5 Å². The molecular weight excluding hydrogens is 340 g/mol. The van der Waals surface area contributed by atoms with Crippen molar-refractivity contribution in [2.45, 2.75) is 32.8 Å². The van der Waals surface area contributed by atoms with E-state index in [4.69, 9.17) is 10.5 Å². The number of ether oxygens (including phenoxy) is 1. The molecule has 132 valence electrons. The van der Waals surface area contributed by atoms with E-state index in [1.165, 1.54) is 16.9 Å². The van der Waals surface area contributed by atoms with E-state index in [0.717, 1.165) is 39.4 Å². The van der Waals surface area contributed by atoms with E-state index in [9.17, 15) is 0 Å². The Labute approximate surface area is 158 Å². The highest BCUT2D eigenvalue weighted by Gasteiger charge is 2.28. The Balaban J connectivity index is 1.95. The molecular formula is C22H22N2OS. The second kappa shape index (κ2) is 6.29. The van der Waals surface area contributed by atoms with Crippen molar-refractivity contribution in [1.82, 2.24) is 4.98 Å². The van der Waals surface area contributed by atoms with Crippen LogP contribution in [-0.2, 0) is 6.42 Å². The summed E-state index contributed by atoms with van der Waals surface area (Å²) in [5.41, 5.74) is 11.2. The van der Waals surface area contributed by atoms with E-state index in [1.54, 1.807) is 0 Å². The first-order valence-corrected chi connectivity index (χ1v) is 9.66. The molecule has 4 rings (SSSR count). The Morgan fingerprint density at radius 2 is 1.88 bits per heavy atom. The van der Waals surface area contributed by atoms with Gasteiger partial charge in [0.25, 0.3) is 0 Å². The molecule has 4 heteroatoms. The van der Waals surface area contributed by atoms with Crippen LogP contribution in [0.1, 0.15) is 31.9 Å². The fourth-order valence-electron chi connectivity index (χ4n) is 3.31. The van der Waals surface area contributed by atoms with Crippen molar-refractivity contribution in [3.8, 4) is 27.4 Å². The lowest BCUT2D eigenvalue weighted by atomic mass is 9.93. The van der Waals surface area contributed by atoms with Crippen molar-refractivity contribution in [3.05, 3.63) is 59.7 Å². The summed E-state index contributed by atoms with van der Waals surface area (Å²) < 4.78 is 6.38. The third-order valence-electron chi connectivity index (χ3n) is 4.62. The molecule has 2 N–H and O–H groups in total. The maximum absolute atomic E-state index is 6.38. The van der Waals surface area contributed by atoms with Crippen molar-refractivity contribution in [2.75, 3.05) is 5.73 Å². The topological polar surface area (TPSA) is 48.1 Å². The molecule has 0 bridgehead atoms. The van der Waals surface area contributed by atoms with Gasteiger partial charge in [0.15, 0.2) is 5.13 Å². The third-order valence-corrected chi connectivity index (χ3v) is 5.55. The zero-order valence-corrected chi connectivity index (χ0v) is 16.1. The van der Waals surface area contributed by atoms with Gasteiger partial charge in [-0.2, -0.15) is 0 Å².